The fourth-order valence-electron chi connectivity index (χ4n) is 2.93. The molecule has 3 rings (SSSR count). The summed E-state index contributed by atoms with van der Waals surface area (Å²) >= 11 is 5.45. The molecule has 1 aliphatic rings. The maximum Gasteiger partial charge on any atom is 0.405 e. The molecule has 6 nitrogen and oxygen atoms in total. The van der Waals surface area contributed by atoms with Crippen molar-refractivity contribution in [2.75, 3.05) is 13.6 Å². The predicted molar refractivity (Wildman–Crippen MR) is 100 cm³/mol. The number of alkyl halides is 3. The molecule has 0 aliphatic heterocycles. The van der Waals surface area contributed by atoms with Gasteiger partial charge in [0, 0.05) is 25.1 Å². The molecule has 0 radical (unpaired) electrons. The summed E-state index contributed by atoms with van der Waals surface area (Å²) in [6.45, 7) is -0.237. The zero-order valence-corrected chi connectivity index (χ0v) is 16.5. The molecular weight excluding hydrogens is 391 g/mol. The Balaban J connectivity index is 1.57. The number of aromatic nitrogens is 3. The van der Waals surface area contributed by atoms with Gasteiger partial charge in [-0.05, 0) is 49.8 Å². The van der Waals surface area contributed by atoms with E-state index in [1.54, 1.807) is 16.8 Å². The largest absolute Gasteiger partial charge is 0.405 e. The number of hydrogen-bond donors (Lipinski definition) is 1. The number of halogens is 3. The summed E-state index contributed by atoms with van der Waals surface area (Å²) in [4.78, 5) is 13.8. The minimum atomic E-state index is -4.43. The van der Waals surface area contributed by atoms with E-state index in [4.69, 9.17) is 12.2 Å². The van der Waals surface area contributed by atoms with Crippen molar-refractivity contribution in [3.05, 3.63) is 46.0 Å². The number of hydrogen-bond acceptors (Lipinski definition) is 4. The number of benzene rings is 1. The van der Waals surface area contributed by atoms with Gasteiger partial charge in [-0.1, -0.05) is 12.1 Å². The lowest BCUT2D eigenvalue weighted by Gasteiger charge is -2.16. The van der Waals surface area contributed by atoms with Crippen LogP contribution in [0.5, 0.6) is 0 Å². The van der Waals surface area contributed by atoms with Gasteiger partial charge in [-0.25, -0.2) is 4.68 Å². The van der Waals surface area contributed by atoms with Crippen LogP contribution in [0.15, 0.2) is 24.3 Å². The maximum absolute atomic E-state index is 12.2. The van der Waals surface area contributed by atoms with Gasteiger partial charge in [-0.2, -0.15) is 18.3 Å². The molecule has 1 saturated carbocycles. The fourth-order valence-corrected chi connectivity index (χ4v) is 3.12. The van der Waals surface area contributed by atoms with Gasteiger partial charge in [0.25, 0.3) is 5.91 Å². The SMILES string of the molecule is CN(Cc1ccc(C(=O)NCC(F)(F)F)cc1)Cn1nc(C2CC2)n(C)c1=S. The number of amides is 1. The summed E-state index contributed by atoms with van der Waals surface area (Å²) in [6.07, 6.45) is -2.12. The minimum Gasteiger partial charge on any atom is -0.343 e. The van der Waals surface area contributed by atoms with E-state index < -0.39 is 18.6 Å². The topological polar surface area (TPSA) is 55.1 Å². The average Bonchev–Trinajstić information content (AvgIpc) is 3.43. The van der Waals surface area contributed by atoms with Crippen molar-refractivity contribution in [3.63, 3.8) is 0 Å². The van der Waals surface area contributed by atoms with Crippen LogP contribution in [0.25, 0.3) is 0 Å². The molecule has 0 atom stereocenters. The standard InChI is InChI=1S/C18H22F3N5OS/c1-24(11-26-17(28)25(2)15(23-26)13-7-8-13)9-12-3-5-14(6-4-12)16(27)22-10-18(19,20)21/h3-6,13H,7-11H2,1-2H3,(H,22,27). The van der Waals surface area contributed by atoms with Crippen molar-refractivity contribution in [2.45, 2.75) is 38.1 Å². The molecule has 1 aromatic carbocycles. The smallest absolute Gasteiger partial charge is 0.343 e. The Hall–Kier alpha value is -2.20. The Morgan fingerprint density at radius 2 is 1.96 bits per heavy atom. The number of carbonyl (C=O) groups is 1. The number of rotatable bonds is 7. The van der Waals surface area contributed by atoms with E-state index >= 15 is 0 Å². The van der Waals surface area contributed by atoms with E-state index in [1.807, 2.05) is 28.9 Å². The summed E-state index contributed by atoms with van der Waals surface area (Å²) < 4.78 is 41.0. The molecule has 1 aromatic heterocycles. The second kappa shape index (κ2) is 8.04. The van der Waals surface area contributed by atoms with Crippen LogP contribution in [0.3, 0.4) is 0 Å². The lowest BCUT2D eigenvalue weighted by Crippen LogP contribution is -2.33. The third-order valence-electron chi connectivity index (χ3n) is 4.51. The first-order chi connectivity index (χ1) is 13.1. The highest BCUT2D eigenvalue weighted by Gasteiger charge is 2.29. The zero-order chi connectivity index (χ0) is 20.5. The van der Waals surface area contributed by atoms with E-state index in [0.717, 1.165) is 24.2 Å². The highest BCUT2D eigenvalue weighted by Crippen LogP contribution is 2.38. The highest BCUT2D eigenvalue weighted by molar-refractivity contribution is 7.71. The quantitative estimate of drug-likeness (QED) is 0.709. The van der Waals surface area contributed by atoms with Crippen LogP contribution in [0.2, 0.25) is 0 Å². The third kappa shape index (κ3) is 5.20. The summed E-state index contributed by atoms with van der Waals surface area (Å²) in [5.41, 5.74) is 1.12. The lowest BCUT2D eigenvalue weighted by atomic mass is 10.1. The normalized spacial score (nSPS) is 14.5. The first kappa shape index (κ1) is 20.5. The average molecular weight is 413 g/mol. The van der Waals surface area contributed by atoms with Crippen LogP contribution in [0.4, 0.5) is 13.2 Å². The van der Waals surface area contributed by atoms with Crippen LogP contribution < -0.4 is 5.32 Å². The first-order valence-electron chi connectivity index (χ1n) is 8.90. The van der Waals surface area contributed by atoms with Crippen LogP contribution >= 0.6 is 12.2 Å². The van der Waals surface area contributed by atoms with Crippen molar-refractivity contribution in [1.82, 2.24) is 24.6 Å². The van der Waals surface area contributed by atoms with E-state index in [0.29, 0.717) is 23.9 Å². The minimum absolute atomic E-state index is 0.191. The van der Waals surface area contributed by atoms with Gasteiger partial charge in [-0.15, -0.1) is 0 Å². The number of nitrogens with one attached hydrogen (secondary N) is 1. The number of carbonyl (C=O) groups excluding carboxylic acids is 1. The molecule has 0 spiro atoms. The molecule has 0 bridgehead atoms. The Kier molecular flexibility index (Phi) is 5.90. The van der Waals surface area contributed by atoms with Crippen molar-refractivity contribution in [2.24, 2.45) is 7.05 Å². The monoisotopic (exact) mass is 413 g/mol. The molecule has 28 heavy (non-hydrogen) atoms. The van der Waals surface area contributed by atoms with Gasteiger partial charge in [0.15, 0.2) is 4.77 Å². The van der Waals surface area contributed by atoms with Crippen LogP contribution in [-0.2, 0) is 20.3 Å². The zero-order valence-electron chi connectivity index (χ0n) is 15.7. The Labute approximate surface area is 165 Å². The van der Waals surface area contributed by atoms with E-state index in [9.17, 15) is 18.0 Å². The second-order valence-electron chi connectivity index (χ2n) is 7.12. The summed E-state index contributed by atoms with van der Waals surface area (Å²) in [5.74, 6) is 0.784. The molecule has 1 fully saturated rings. The predicted octanol–water partition coefficient (Wildman–Crippen LogP) is 3.21. The molecule has 1 heterocycles. The van der Waals surface area contributed by atoms with Gasteiger partial charge in [0.1, 0.15) is 12.4 Å². The Morgan fingerprint density at radius 3 is 2.54 bits per heavy atom. The molecule has 1 N–H and O–H groups in total. The van der Waals surface area contributed by atoms with Gasteiger partial charge in [0.05, 0.1) is 6.67 Å². The molecule has 10 heteroatoms. The Bertz CT molecular complexity index is 899. The van der Waals surface area contributed by atoms with Gasteiger partial charge in [0.2, 0.25) is 0 Å². The lowest BCUT2D eigenvalue weighted by molar-refractivity contribution is -0.123. The van der Waals surface area contributed by atoms with Gasteiger partial charge >= 0.3 is 6.18 Å². The van der Waals surface area contributed by atoms with Crippen molar-refractivity contribution < 1.29 is 18.0 Å². The first-order valence-corrected chi connectivity index (χ1v) is 9.31. The molecule has 0 unspecified atom stereocenters. The molecular formula is C18H22F3N5OS. The van der Waals surface area contributed by atoms with Gasteiger partial charge in [-0.3, -0.25) is 9.69 Å². The molecule has 1 aliphatic carbocycles. The summed E-state index contributed by atoms with van der Waals surface area (Å²) in [5, 5.41) is 6.48. The molecule has 152 valence electrons. The summed E-state index contributed by atoms with van der Waals surface area (Å²) in [7, 11) is 3.86. The molecule has 2 aromatic rings. The third-order valence-corrected chi connectivity index (χ3v) is 5.00. The van der Waals surface area contributed by atoms with Crippen molar-refractivity contribution in [3.8, 4) is 0 Å². The molecule has 0 saturated heterocycles. The highest BCUT2D eigenvalue weighted by atomic mass is 32.1. The Morgan fingerprint density at radius 1 is 1.32 bits per heavy atom. The van der Waals surface area contributed by atoms with Crippen LogP contribution in [0, 0.1) is 4.77 Å². The van der Waals surface area contributed by atoms with Crippen molar-refractivity contribution >= 4 is 18.1 Å². The van der Waals surface area contributed by atoms with Crippen molar-refractivity contribution in [1.29, 1.82) is 0 Å². The summed E-state index contributed by atoms with van der Waals surface area (Å²) in [6, 6.07) is 6.50. The van der Waals surface area contributed by atoms with E-state index in [-0.39, 0.29) is 5.56 Å². The van der Waals surface area contributed by atoms with Crippen LogP contribution in [-0.4, -0.2) is 44.9 Å². The van der Waals surface area contributed by atoms with Gasteiger partial charge < -0.3 is 9.88 Å². The maximum atomic E-state index is 12.2. The fraction of sp³-hybridized carbons (Fsp3) is 0.500. The number of nitrogens with zero attached hydrogens (tertiary/aromatic N) is 4. The van der Waals surface area contributed by atoms with E-state index in [2.05, 4.69) is 5.10 Å². The molecule has 1 amide bonds. The van der Waals surface area contributed by atoms with E-state index in [1.165, 1.54) is 12.1 Å². The second-order valence-corrected chi connectivity index (χ2v) is 7.49. The van der Waals surface area contributed by atoms with Crippen LogP contribution in [0.1, 0.15) is 40.5 Å².